The largest absolute Gasteiger partial charge is 0.343 e. The summed E-state index contributed by atoms with van der Waals surface area (Å²) >= 11 is 0. The summed E-state index contributed by atoms with van der Waals surface area (Å²) in [6, 6.07) is 6.81. The van der Waals surface area contributed by atoms with Crippen molar-refractivity contribution < 1.29 is 9.18 Å². The van der Waals surface area contributed by atoms with Crippen molar-refractivity contribution in [2.75, 3.05) is 13.1 Å². The first-order chi connectivity index (χ1) is 9.19. The summed E-state index contributed by atoms with van der Waals surface area (Å²) in [7, 11) is 0. The fourth-order valence-corrected chi connectivity index (χ4v) is 2.60. The highest BCUT2D eigenvalue weighted by atomic mass is 19.1. The van der Waals surface area contributed by atoms with Crippen LogP contribution in [-0.4, -0.2) is 23.9 Å². The van der Waals surface area contributed by atoms with Crippen molar-refractivity contribution in [2.45, 2.75) is 39.0 Å². The van der Waals surface area contributed by atoms with Gasteiger partial charge in [0.05, 0.1) is 0 Å². The van der Waals surface area contributed by atoms with Crippen LogP contribution in [0.25, 0.3) is 0 Å². The number of hydrogen-bond acceptors (Lipinski definition) is 1. The third kappa shape index (κ3) is 3.14. The number of unbranched alkanes of at least 4 members (excludes halogenated alkanes) is 1. The summed E-state index contributed by atoms with van der Waals surface area (Å²) in [5.41, 5.74) is 0.701. The van der Waals surface area contributed by atoms with Crippen LogP contribution in [0.1, 0.15) is 44.6 Å². The molecule has 1 aliphatic rings. The van der Waals surface area contributed by atoms with E-state index in [-0.39, 0.29) is 23.6 Å². The minimum Gasteiger partial charge on any atom is -0.343 e. The van der Waals surface area contributed by atoms with E-state index >= 15 is 0 Å². The molecule has 0 bridgehead atoms. The fraction of sp³-hybridized carbons (Fsp3) is 0.562. The highest BCUT2D eigenvalue weighted by Crippen LogP contribution is 2.49. The molecule has 1 amide bonds. The van der Waals surface area contributed by atoms with Gasteiger partial charge in [0.15, 0.2) is 0 Å². The maximum absolute atomic E-state index is 13.7. The molecular weight excluding hydrogens is 241 g/mol. The normalized spacial score (nSPS) is 21.2. The van der Waals surface area contributed by atoms with Gasteiger partial charge in [-0.05, 0) is 37.3 Å². The standard InChI is InChI=1S/C16H22FNO/c1-3-5-10-18(4-2)16(19)14-11-13(14)12-8-6-7-9-15(12)17/h6-9,13-14H,3-5,10-11H2,1-2H3. The number of carbonyl (C=O) groups excluding carboxylic acids is 1. The molecule has 1 aliphatic carbocycles. The molecule has 0 radical (unpaired) electrons. The lowest BCUT2D eigenvalue weighted by Crippen LogP contribution is -2.33. The van der Waals surface area contributed by atoms with Crippen LogP contribution in [0.15, 0.2) is 24.3 Å². The van der Waals surface area contributed by atoms with E-state index in [4.69, 9.17) is 0 Å². The van der Waals surface area contributed by atoms with E-state index in [0.29, 0.717) is 5.56 Å². The van der Waals surface area contributed by atoms with Crippen molar-refractivity contribution >= 4 is 5.91 Å². The van der Waals surface area contributed by atoms with Crippen molar-refractivity contribution in [3.63, 3.8) is 0 Å². The summed E-state index contributed by atoms with van der Waals surface area (Å²) in [5, 5.41) is 0. The first-order valence-corrected chi connectivity index (χ1v) is 7.22. The molecule has 0 spiro atoms. The number of carbonyl (C=O) groups is 1. The Morgan fingerprint density at radius 3 is 2.74 bits per heavy atom. The van der Waals surface area contributed by atoms with Gasteiger partial charge in [0, 0.05) is 19.0 Å². The molecule has 0 N–H and O–H groups in total. The third-order valence-corrected chi connectivity index (χ3v) is 3.89. The minimum atomic E-state index is -0.181. The van der Waals surface area contributed by atoms with Crippen molar-refractivity contribution in [3.05, 3.63) is 35.6 Å². The highest BCUT2D eigenvalue weighted by molar-refractivity contribution is 5.83. The lowest BCUT2D eigenvalue weighted by atomic mass is 10.1. The fourth-order valence-electron chi connectivity index (χ4n) is 2.60. The van der Waals surface area contributed by atoms with Crippen LogP contribution in [0.4, 0.5) is 4.39 Å². The van der Waals surface area contributed by atoms with Gasteiger partial charge in [0.2, 0.25) is 5.91 Å². The monoisotopic (exact) mass is 263 g/mol. The highest BCUT2D eigenvalue weighted by Gasteiger charge is 2.46. The Bertz CT molecular complexity index is 446. The van der Waals surface area contributed by atoms with Crippen molar-refractivity contribution in [2.24, 2.45) is 5.92 Å². The Hall–Kier alpha value is -1.38. The maximum Gasteiger partial charge on any atom is 0.226 e. The Kier molecular flexibility index (Phi) is 4.56. The number of nitrogens with zero attached hydrogens (tertiary/aromatic N) is 1. The second-order valence-electron chi connectivity index (χ2n) is 5.24. The molecule has 0 heterocycles. The van der Waals surface area contributed by atoms with Gasteiger partial charge >= 0.3 is 0 Å². The smallest absolute Gasteiger partial charge is 0.226 e. The van der Waals surface area contributed by atoms with Crippen LogP contribution < -0.4 is 0 Å². The van der Waals surface area contributed by atoms with Crippen LogP contribution in [-0.2, 0) is 4.79 Å². The summed E-state index contributed by atoms with van der Waals surface area (Å²) in [6.45, 7) is 5.71. The van der Waals surface area contributed by atoms with Gasteiger partial charge in [-0.15, -0.1) is 0 Å². The topological polar surface area (TPSA) is 20.3 Å². The maximum atomic E-state index is 13.7. The molecule has 0 aromatic heterocycles. The van der Waals surface area contributed by atoms with E-state index in [1.54, 1.807) is 12.1 Å². The third-order valence-electron chi connectivity index (χ3n) is 3.89. The van der Waals surface area contributed by atoms with E-state index in [2.05, 4.69) is 6.92 Å². The number of hydrogen-bond donors (Lipinski definition) is 0. The number of benzene rings is 1. The van der Waals surface area contributed by atoms with Crippen molar-refractivity contribution in [3.8, 4) is 0 Å². The van der Waals surface area contributed by atoms with Gasteiger partial charge in [-0.3, -0.25) is 4.79 Å². The minimum absolute atomic E-state index is 0.00583. The zero-order chi connectivity index (χ0) is 13.8. The Morgan fingerprint density at radius 2 is 2.11 bits per heavy atom. The van der Waals surface area contributed by atoms with Gasteiger partial charge in [-0.1, -0.05) is 31.5 Å². The molecule has 2 atom stereocenters. The molecule has 1 aromatic carbocycles. The predicted octanol–water partition coefficient (Wildman–Crippen LogP) is 3.58. The summed E-state index contributed by atoms with van der Waals surface area (Å²) < 4.78 is 13.7. The molecule has 2 unspecified atom stereocenters. The van der Waals surface area contributed by atoms with Crippen LogP contribution in [0, 0.1) is 11.7 Å². The Balaban J connectivity index is 1.98. The van der Waals surface area contributed by atoms with E-state index in [1.807, 2.05) is 17.9 Å². The average molecular weight is 263 g/mol. The molecule has 2 rings (SSSR count). The molecule has 0 saturated heterocycles. The summed E-state index contributed by atoms with van der Waals surface area (Å²) in [6.07, 6.45) is 2.92. The van der Waals surface area contributed by atoms with Gasteiger partial charge < -0.3 is 4.90 Å². The molecule has 104 valence electrons. The second kappa shape index (κ2) is 6.18. The van der Waals surface area contributed by atoms with Crippen LogP contribution >= 0.6 is 0 Å². The Labute approximate surface area is 114 Å². The van der Waals surface area contributed by atoms with E-state index in [1.165, 1.54) is 6.07 Å². The lowest BCUT2D eigenvalue weighted by molar-refractivity contribution is -0.132. The van der Waals surface area contributed by atoms with E-state index in [9.17, 15) is 9.18 Å². The Morgan fingerprint density at radius 1 is 1.37 bits per heavy atom. The molecule has 1 aromatic rings. The number of amides is 1. The molecular formula is C16H22FNO. The van der Waals surface area contributed by atoms with Gasteiger partial charge in [0.25, 0.3) is 0 Å². The predicted molar refractivity (Wildman–Crippen MR) is 74.4 cm³/mol. The first-order valence-electron chi connectivity index (χ1n) is 7.22. The molecule has 0 aliphatic heterocycles. The van der Waals surface area contributed by atoms with Gasteiger partial charge in [-0.25, -0.2) is 4.39 Å². The molecule has 19 heavy (non-hydrogen) atoms. The summed E-state index contributed by atoms with van der Waals surface area (Å²) in [4.78, 5) is 14.3. The van der Waals surface area contributed by atoms with Crippen molar-refractivity contribution in [1.82, 2.24) is 4.90 Å². The van der Waals surface area contributed by atoms with Gasteiger partial charge in [0.1, 0.15) is 5.82 Å². The van der Waals surface area contributed by atoms with Crippen LogP contribution in [0.3, 0.4) is 0 Å². The molecule has 1 saturated carbocycles. The van der Waals surface area contributed by atoms with Crippen LogP contribution in [0.2, 0.25) is 0 Å². The molecule has 1 fully saturated rings. The van der Waals surface area contributed by atoms with Gasteiger partial charge in [-0.2, -0.15) is 0 Å². The quantitative estimate of drug-likeness (QED) is 0.768. The first kappa shape index (κ1) is 14.0. The second-order valence-corrected chi connectivity index (χ2v) is 5.24. The molecule has 2 nitrogen and oxygen atoms in total. The summed E-state index contributed by atoms with van der Waals surface area (Å²) in [5.74, 6) is 0.0988. The average Bonchev–Trinajstić information content (AvgIpc) is 3.20. The number of halogens is 1. The van der Waals surface area contributed by atoms with Crippen molar-refractivity contribution in [1.29, 1.82) is 0 Å². The number of rotatable bonds is 6. The molecule has 3 heteroatoms. The van der Waals surface area contributed by atoms with Crippen LogP contribution in [0.5, 0.6) is 0 Å². The zero-order valence-electron chi connectivity index (χ0n) is 11.7. The lowest BCUT2D eigenvalue weighted by Gasteiger charge is -2.20. The zero-order valence-corrected chi connectivity index (χ0v) is 11.7. The van der Waals surface area contributed by atoms with E-state index < -0.39 is 0 Å². The van der Waals surface area contributed by atoms with E-state index in [0.717, 1.165) is 32.4 Å². The SMILES string of the molecule is CCCCN(CC)C(=O)C1CC1c1ccccc1F.